The number of carbonyl (C=O) groups excluding carboxylic acids is 1. The van der Waals surface area contributed by atoms with Crippen molar-refractivity contribution in [3.8, 4) is 5.75 Å². The maximum absolute atomic E-state index is 12.4. The van der Waals surface area contributed by atoms with Gasteiger partial charge in [-0.15, -0.1) is 0 Å². The van der Waals surface area contributed by atoms with E-state index in [9.17, 15) is 4.79 Å². The van der Waals surface area contributed by atoms with E-state index >= 15 is 0 Å². The number of methoxy groups -OCH3 is 1. The van der Waals surface area contributed by atoms with Gasteiger partial charge in [-0.25, -0.2) is 4.79 Å². The van der Waals surface area contributed by atoms with E-state index in [0.29, 0.717) is 23.1 Å². The van der Waals surface area contributed by atoms with Gasteiger partial charge in [-0.2, -0.15) is 0 Å². The number of ether oxygens (including phenoxy) is 2. The number of anilines is 1. The number of aromatic nitrogens is 1. The van der Waals surface area contributed by atoms with E-state index in [0.717, 1.165) is 18.4 Å². The number of nitrogens with one attached hydrogen (secondary N) is 2. The van der Waals surface area contributed by atoms with Crippen LogP contribution in [0.15, 0.2) is 42.7 Å². The molecule has 0 radical (unpaired) electrons. The van der Waals surface area contributed by atoms with Gasteiger partial charge in [0.15, 0.2) is 0 Å². The Morgan fingerprint density at radius 3 is 2.84 bits per heavy atom. The van der Waals surface area contributed by atoms with Gasteiger partial charge in [0.05, 0.1) is 23.9 Å². The molecule has 25 heavy (non-hydrogen) atoms. The molecule has 0 bridgehead atoms. The van der Waals surface area contributed by atoms with Crippen molar-refractivity contribution in [1.82, 2.24) is 10.3 Å². The number of halogens is 1. The number of carbonyl (C=O) groups is 1. The average Bonchev–Trinajstić information content (AvgIpc) is 2.64. The molecule has 0 spiro atoms. The molecule has 3 rings (SSSR count). The monoisotopic (exact) mass is 361 g/mol. The maximum Gasteiger partial charge on any atom is 0.319 e. The summed E-state index contributed by atoms with van der Waals surface area (Å²) < 4.78 is 11.0. The minimum atomic E-state index is -0.318. The Morgan fingerprint density at radius 2 is 2.12 bits per heavy atom. The first-order chi connectivity index (χ1) is 12.2. The van der Waals surface area contributed by atoms with Crippen molar-refractivity contribution in [2.45, 2.75) is 25.0 Å². The molecule has 1 saturated heterocycles. The molecule has 0 saturated carbocycles. The number of rotatable bonds is 4. The number of pyridine rings is 1. The Bertz CT molecular complexity index is 727. The summed E-state index contributed by atoms with van der Waals surface area (Å²) in [4.78, 5) is 16.4. The molecule has 2 aromatic rings. The summed E-state index contributed by atoms with van der Waals surface area (Å²) in [5.41, 5.74) is 1.53. The van der Waals surface area contributed by atoms with Gasteiger partial charge in [0, 0.05) is 25.1 Å². The summed E-state index contributed by atoms with van der Waals surface area (Å²) in [6.07, 6.45) is 5.00. The number of hydrogen-bond acceptors (Lipinski definition) is 4. The predicted octanol–water partition coefficient (Wildman–Crippen LogP) is 3.79. The Morgan fingerprint density at radius 1 is 1.32 bits per heavy atom. The molecule has 132 valence electrons. The highest BCUT2D eigenvalue weighted by Crippen LogP contribution is 2.29. The summed E-state index contributed by atoms with van der Waals surface area (Å²) in [5, 5.41) is 6.18. The molecule has 2 heterocycles. The van der Waals surface area contributed by atoms with Crippen LogP contribution < -0.4 is 15.4 Å². The fourth-order valence-corrected chi connectivity index (χ4v) is 3.08. The molecule has 0 unspecified atom stereocenters. The maximum atomic E-state index is 12.4. The van der Waals surface area contributed by atoms with Crippen molar-refractivity contribution in [3.05, 3.63) is 53.3 Å². The van der Waals surface area contributed by atoms with Gasteiger partial charge in [-0.05, 0) is 42.7 Å². The second-order valence-corrected chi connectivity index (χ2v) is 6.17. The summed E-state index contributed by atoms with van der Waals surface area (Å²) in [6, 6.07) is 8.48. The smallest absolute Gasteiger partial charge is 0.319 e. The molecule has 1 fully saturated rings. The second kappa shape index (κ2) is 8.18. The Kier molecular flexibility index (Phi) is 5.73. The van der Waals surface area contributed by atoms with Crippen LogP contribution in [0.1, 0.15) is 24.5 Å². The minimum absolute atomic E-state index is 0.117. The van der Waals surface area contributed by atoms with Gasteiger partial charge >= 0.3 is 6.03 Å². The van der Waals surface area contributed by atoms with Crippen LogP contribution in [0.25, 0.3) is 0 Å². The lowest BCUT2D eigenvalue weighted by Crippen LogP contribution is -2.44. The molecule has 6 nitrogen and oxygen atoms in total. The first-order valence-corrected chi connectivity index (χ1v) is 8.48. The van der Waals surface area contributed by atoms with Gasteiger partial charge < -0.3 is 20.1 Å². The van der Waals surface area contributed by atoms with Crippen LogP contribution in [-0.2, 0) is 4.74 Å². The van der Waals surface area contributed by atoms with Crippen LogP contribution in [0.4, 0.5) is 10.5 Å². The van der Waals surface area contributed by atoms with Crippen LogP contribution in [-0.4, -0.2) is 30.8 Å². The fourth-order valence-electron chi connectivity index (χ4n) is 2.86. The molecule has 1 aliphatic heterocycles. The number of benzene rings is 1. The highest BCUT2D eigenvalue weighted by Gasteiger charge is 2.28. The van der Waals surface area contributed by atoms with Crippen molar-refractivity contribution < 1.29 is 14.3 Å². The van der Waals surface area contributed by atoms with Crippen molar-refractivity contribution in [1.29, 1.82) is 0 Å². The highest BCUT2D eigenvalue weighted by atomic mass is 35.5. The molecule has 1 aromatic heterocycles. The molecule has 2 N–H and O–H groups in total. The molecule has 7 heteroatoms. The summed E-state index contributed by atoms with van der Waals surface area (Å²) in [7, 11) is 1.56. The lowest BCUT2D eigenvalue weighted by atomic mass is 9.97. The van der Waals surface area contributed by atoms with E-state index in [1.807, 2.05) is 12.1 Å². The largest absolute Gasteiger partial charge is 0.497 e. The number of urea groups is 1. The van der Waals surface area contributed by atoms with E-state index in [4.69, 9.17) is 21.1 Å². The number of nitrogens with zero attached hydrogens (tertiary/aromatic N) is 1. The normalized spacial score (nSPS) is 19.9. The van der Waals surface area contributed by atoms with Crippen molar-refractivity contribution >= 4 is 23.3 Å². The number of amides is 2. The van der Waals surface area contributed by atoms with Crippen LogP contribution >= 0.6 is 11.6 Å². The summed E-state index contributed by atoms with van der Waals surface area (Å²) in [6.45, 7) is 0.678. The number of hydrogen-bond donors (Lipinski definition) is 2. The Hall–Kier alpha value is -2.31. The van der Waals surface area contributed by atoms with E-state index < -0.39 is 0 Å². The van der Waals surface area contributed by atoms with Crippen LogP contribution in [0.5, 0.6) is 5.75 Å². The van der Waals surface area contributed by atoms with Crippen molar-refractivity contribution in [2.24, 2.45) is 0 Å². The van der Waals surface area contributed by atoms with Gasteiger partial charge in [-0.3, -0.25) is 4.98 Å². The van der Waals surface area contributed by atoms with E-state index in [2.05, 4.69) is 15.6 Å². The second-order valence-electron chi connectivity index (χ2n) is 5.76. The summed E-state index contributed by atoms with van der Waals surface area (Å²) in [5.74, 6) is 0.634. The van der Waals surface area contributed by atoms with Gasteiger partial charge in [-0.1, -0.05) is 11.6 Å². The molecular formula is C18H20ClN3O3. The Labute approximate surface area is 151 Å². The third-order valence-corrected chi connectivity index (χ3v) is 4.41. The first-order valence-electron chi connectivity index (χ1n) is 8.10. The predicted molar refractivity (Wildman–Crippen MR) is 96.1 cm³/mol. The van der Waals surface area contributed by atoms with Gasteiger partial charge in [0.1, 0.15) is 11.9 Å². The Balaban J connectivity index is 1.66. The average molecular weight is 362 g/mol. The molecule has 1 aromatic carbocycles. The molecule has 0 aliphatic carbocycles. The van der Waals surface area contributed by atoms with Crippen LogP contribution in [0, 0.1) is 0 Å². The SMILES string of the molecule is COc1ccc(NC(=O)N[C@H]2CCCO[C@@H]2c2ccncc2)c(Cl)c1. The van der Waals surface area contributed by atoms with E-state index in [1.54, 1.807) is 37.7 Å². The first kappa shape index (κ1) is 17.5. The zero-order chi connectivity index (χ0) is 17.6. The fraction of sp³-hybridized carbons (Fsp3) is 0.333. The van der Waals surface area contributed by atoms with Gasteiger partial charge in [0.25, 0.3) is 0 Å². The lowest BCUT2D eigenvalue weighted by molar-refractivity contribution is -0.00701. The lowest BCUT2D eigenvalue weighted by Gasteiger charge is -2.32. The zero-order valence-electron chi connectivity index (χ0n) is 13.9. The highest BCUT2D eigenvalue weighted by molar-refractivity contribution is 6.33. The van der Waals surface area contributed by atoms with Crippen LogP contribution in [0.2, 0.25) is 5.02 Å². The third-order valence-electron chi connectivity index (χ3n) is 4.10. The van der Waals surface area contributed by atoms with Gasteiger partial charge in [0.2, 0.25) is 0 Å². The standard InChI is InChI=1S/C18H20ClN3O3/c1-24-13-4-5-15(14(19)11-13)21-18(23)22-16-3-2-10-25-17(16)12-6-8-20-9-7-12/h4-9,11,16-17H,2-3,10H2,1H3,(H2,21,22,23)/t16-,17+/m0/s1. The molecular weight excluding hydrogens is 342 g/mol. The molecule has 2 amide bonds. The molecule has 1 aliphatic rings. The van der Waals surface area contributed by atoms with E-state index in [-0.39, 0.29) is 18.2 Å². The van der Waals surface area contributed by atoms with Crippen molar-refractivity contribution in [3.63, 3.8) is 0 Å². The van der Waals surface area contributed by atoms with Crippen molar-refractivity contribution in [2.75, 3.05) is 19.0 Å². The van der Waals surface area contributed by atoms with E-state index in [1.165, 1.54) is 0 Å². The zero-order valence-corrected chi connectivity index (χ0v) is 14.6. The van der Waals surface area contributed by atoms with Crippen LogP contribution in [0.3, 0.4) is 0 Å². The quantitative estimate of drug-likeness (QED) is 0.869. The minimum Gasteiger partial charge on any atom is -0.497 e. The third kappa shape index (κ3) is 4.41. The molecule has 2 atom stereocenters. The topological polar surface area (TPSA) is 72.5 Å². The summed E-state index contributed by atoms with van der Waals surface area (Å²) >= 11 is 6.17.